The van der Waals surface area contributed by atoms with Gasteiger partial charge in [-0.05, 0) is 59.6 Å². The Morgan fingerprint density at radius 2 is 1.67 bits per heavy atom. The Bertz CT molecular complexity index is 1320. The molecule has 0 N–H and O–H groups in total. The van der Waals surface area contributed by atoms with Crippen molar-refractivity contribution in [3.05, 3.63) is 95.1 Å². The van der Waals surface area contributed by atoms with Gasteiger partial charge in [-0.2, -0.15) is 0 Å². The number of nitrogens with zero attached hydrogens (tertiary/aromatic N) is 1. The third-order valence-electron chi connectivity index (χ3n) is 7.74. The first-order chi connectivity index (χ1) is 17.5. The van der Waals surface area contributed by atoms with Crippen molar-refractivity contribution in [1.82, 2.24) is 4.90 Å². The lowest BCUT2D eigenvalue weighted by Crippen LogP contribution is -2.51. The normalized spacial score (nSPS) is 20.4. The molecule has 0 spiro atoms. The standard InChI is InChI=1S/C30H27F2NO3/c1-35-29-26(15-19(31)16-28(29)32)18-13-20-7-6-8-21(14-18)33(20)30(34)36-17-27-24-11-4-2-9-22(24)23-10-3-5-12-25(23)27/h2-5,9-13,15-16,20-21,27H,6-8,14,17H2,1H3. The molecule has 0 radical (unpaired) electrons. The average molecular weight is 488 g/mol. The Balaban J connectivity index is 1.24. The van der Waals surface area contributed by atoms with Gasteiger partial charge in [-0.1, -0.05) is 54.6 Å². The number of hydrogen-bond acceptors (Lipinski definition) is 3. The minimum absolute atomic E-state index is 0.00313. The molecule has 3 aromatic carbocycles. The molecule has 0 saturated carbocycles. The number of benzene rings is 3. The molecule has 184 valence electrons. The fourth-order valence-electron chi connectivity index (χ4n) is 6.19. The molecule has 1 aliphatic carbocycles. The Morgan fingerprint density at radius 3 is 2.33 bits per heavy atom. The molecule has 3 aromatic rings. The molecule has 2 bridgehead atoms. The predicted molar refractivity (Wildman–Crippen MR) is 134 cm³/mol. The number of carbonyl (C=O) groups excluding carboxylic acids is 1. The molecule has 1 fully saturated rings. The minimum Gasteiger partial charge on any atom is -0.493 e. The van der Waals surface area contributed by atoms with Gasteiger partial charge in [0.2, 0.25) is 0 Å². The van der Waals surface area contributed by atoms with Gasteiger partial charge in [0, 0.05) is 23.6 Å². The molecule has 36 heavy (non-hydrogen) atoms. The van der Waals surface area contributed by atoms with Crippen LogP contribution in [-0.4, -0.2) is 36.8 Å². The van der Waals surface area contributed by atoms with Crippen LogP contribution in [0.2, 0.25) is 0 Å². The average Bonchev–Trinajstić information content (AvgIpc) is 3.20. The van der Waals surface area contributed by atoms with Gasteiger partial charge in [0.15, 0.2) is 11.6 Å². The first-order valence-electron chi connectivity index (χ1n) is 12.4. The Kier molecular flexibility index (Phi) is 5.75. The van der Waals surface area contributed by atoms with Crippen molar-refractivity contribution in [3.8, 4) is 16.9 Å². The summed E-state index contributed by atoms with van der Waals surface area (Å²) in [6.07, 6.45) is 4.70. The highest BCUT2D eigenvalue weighted by molar-refractivity contribution is 5.80. The van der Waals surface area contributed by atoms with Gasteiger partial charge in [0.1, 0.15) is 12.4 Å². The van der Waals surface area contributed by atoms with E-state index < -0.39 is 11.6 Å². The number of halogens is 2. The molecular weight excluding hydrogens is 460 g/mol. The molecular formula is C30H27F2NO3. The maximum atomic E-state index is 14.3. The first kappa shape index (κ1) is 22.8. The van der Waals surface area contributed by atoms with Gasteiger partial charge in [-0.15, -0.1) is 0 Å². The number of methoxy groups -OCH3 is 1. The number of rotatable bonds is 4. The monoisotopic (exact) mass is 487 g/mol. The van der Waals surface area contributed by atoms with Crippen LogP contribution in [0.1, 0.15) is 48.3 Å². The molecule has 1 amide bonds. The van der Waals surface area contributed by atoms with Gasteiger partial charge >= 0.3 is 6.09 Å². The third-order valence-corrected chi connectivity index (χ3v) is 7.74. The Hall–Kier alpha value is -3.67. The van der Waals surface area contributed by atoms with E-state index in [1.165, 1.54) is 35.4 Å². The third kappa shape index (κ3) is 3.76. The molecule has 6 heteroatoms. The van der Waals surface area contributed by atoms with Crippen LogP contribution < -0.4 is 4.74 Å². The van der Waals surface area contributed by atoms with Crippen LogP contribution in [0.15, 0.2) is 66.7 Å². The summed E-state index contributed by atoms with van der Waals surface area (Å²) in [5, 5.41) is 0. The van der Waals surface area contributed by atoms with E-state index >= 15 is 0 Å². The van der Waals surface area contributed by atoms with E-state index in [4.69, 9.17) is 9.47 Å². The van der Waals surface area contributed by atoms with E-state index in [9.17, 15) is 13.6 Å². The largest absolute Gasteiger partial charge is 0.493 e. The number of piperidine rings is 1. The van der Waals surface area contributed by atoms with Crippen molar-refractivity contribution in [2.45, 2.75) is 43.7 Å². The summed E-state index contributed by atoms with van der Waals surface area (Å²) in [6.45, 7) is 0.266. The molecule has 4 nitrogen and oxygen atoms in total. The quantitative estimate of drug-likeness (QED) is 0.400. The van der Waals surface area contributed by atoms with Crippen LogP contribution in [0.4, 0.5) is 13.6 Å². The van der Waals surface area contributed by atoms with Crippen molar-refractivity contribution < 1.29 is 23.0 Å². The van der Waals surface area contributed by atoms with Crippen molar-refractivity contribution in [1.29, 1.82) is 0 Å². The topological polar surface area (TPSA) is 38.8 Å². The SMILES string of the molecule is COc1c(F)cc(F)cc1C1=CC2CCCC(C1)N2C(=O)OCC1c2ccccc2-c2ccccc21. The highest BCUT2D eigenvalue weighted by Gasteiger charge is 2.39. The summed E-state index contributed by atoms with van der Waals surface area (Å²) in [6, 6.07) is 18.4. The second-order valence-corrected chi connectivity index (χ2v) is 9.73. The van der Waals surface area contributed by atoms with Crippen LogP contribution in [0.5, 0.6) is 5.75 Å². The molecule has 2 atom stereocenters. The molecule has 2 aliphatic heterocycles. The van der Waals surface area contributed by atoms with Crippen molar-refractivity contribution in [2.24, 2.45) is 0 Å². The molecule has 6 rings (SSSR count). The lowest BCUT2D eigenvalue weighted by atomic mass is 9.83. The molecule has 1 saturated heterocycles. The van der Waals surface area contributed by atoms with E-state index in [1.807, 2.05) is 35.2 Å². The number of hydrogen-bond donors (Lipinski definition) is 0. The zero-order valence-corrected chi connectivity index (χ0v) is 20.0. The number of carbonyl (C=O) groups is 1. The molecule has 3 aliphatic rings. The number of amides is 1. The maximum Gasteiger partial charge on any atom is 0.410 e. The summed E-state index contributed by atoms with van der Waals surface area (Å²) in [7, 11) is 1.38. The highest BCUT2D eigenvalue weighted by Crippen LogP contribution is 2.45. The summed E-state index contributed by atoms with van der Waals surface area (Å²) in [5.41, 5.74) is 5.95. The van der Waals surface area contributed by atoms with E-state index in [0.717, 1.165) is 30.9 Å². The second-order valence-electron chi connectivity index (χ2n) is 9.73. The van der Waals surface area contributed by atoms with Crippen LogP contribution in [0.3, 0.4) is 0 Å². The Labute approximate surface area is 209 Å². The van der Waals surface area contributed by atoms with E-state index in [0.29, 0.717) is 12.0 Å². The van der Waals surface area contributed by atoms with Gasteiger partial charge < -0.3 is 9.47 Å². The van der Waals surface area contributed by atoms with Crippen molar-refractivity contribution in [3.63, 3.8) is 0 Å². The van der Waals surface area contributed by atoms with Crippen LogP contribution in [-0.2, 0) is 4.74 Å². The van der Waals surface area contributed by atoms with Crippen molar-refractivity contribution in [2.75, 3.05) is 13.7 Å². The first-order valence-corrected chi connectivity index (χ1v) is 12.4. The van der Waals surface area contributed by atoms with E-state index in [1.54, 1.807) is 0 Å². The lowest BCUT2D eigenvalue weighted by molar-refractivity contribution is 0.0538. The van der Waals surface area contributed by atoms with Gasteiger partial charge in [0.25, 0.3) is 0 Å². The summed E-state index contributed by atoms with van der Waals surface area (Å²) in [4.78, 5) is 15.2. The second kappa shape index (κ2) is 9.08. The maximum absolute atomic E-state index is 14.3. The smallest absolute Gasteiger partial charge is 0.410 e. The van der Waals surface area contributed by atoms with Crippen LogP contribution >= 0.6 is 0 Å². The van der Waals surface area contributed by atoms with Gasteiger partial charge in [-0.3, -0.25) is 4.90 Å². The molecule has 2 unspecified atom stereocenters. The zero-order valence-electron chi connectivity index (χ0n) is 20.0. The summed E-state index contributed by atoms with van der Waals surface area (Å²) in [5.74, 6) is -1.34. The van der Waals surface area contributed by atoms with Crippen molar-refractivity contribution >= 4 is 11.7 Å². The van der Waals surface area contributed by atoms with Crippen LogP contribution in [0.25, 0.3) is 16.7 Å². The number of ether oxygens (including phenoxy) is 2. The van der Waals surface area contributed by atoms with E-state index in [2.05, 4.69) is 24.3 Å². The summed E-state index contributed by atoms with van der Waals surface area (Å²) >= 11 is 0. The number of fused-ring (bicyclic) bond motifs is 5. The molecule has 0 aromatic heterocycles. The van der Waals surface area contributed by atoms with Crippen LogP contribution in [0, 0.1) is 11.6 Å². The highest BCUT2D eigenvalue weighted by atomic mass is 19.1. The van der Waals surface area contributed by atoms with E-state index in [-0.39, 0.29) is 36.5 Å². The predicted octanol–water partition coefficient (Wildman–Crippen LogP) is 6.93. The molecule has 2 heterocycles. The summed E-state index contributed by atoms with van der Waals surface area (Å²) < 4.78 is 39.6. The fourth-order valence-corrected chi connectivity index (χ4v) is 6.19. The lowest BCUT2D eigenvalue weighted by Gasteiger charge is -2.44. The van der Waals surface area contributed by atoms with Gasteiger partial charge in [-0.25, -0.2) is 13.6 Å². The minimum atomic E-state index is -0.725. The fraction of sp³-hybridized carbons (Fsp3) is 0.300. The zero-order chi connectivity index (χ0) is 24.8. The van der Waals surface area contributed by atoms with Gasteiger partial charge in [0.05, 0.1) is 13.2 Å². The Morgan fingerprint density at radius 1 is 0.972 bits per heavy atom.